The maximum atomic E-state index is 14.4. The number of rotatable bonds is 8. The van der Waals surface area contributed by atoms with Crippen molar-refractivity contribution in [2.75, 3.05) is 38.1 Å². The van der Waals surface area contributed by atoms with E-state index in [1.54, 1.807) is 35.8 Å². The number of fused-ring (bicyclic) bond motifs is 1. The maximum Gasteiger partial charge on any atom is 0.491 e. The predicted molar refractivity (Wildman–Crippen MR) is 162 cm³/mol. The molecule has 0 unspecified atom stereocenters. The van der Waals surface area contributed by atoms with Crippen molar-refractivity contribution in [3.8, 4) is 35.4 Å². The Balaban J connectivity index is 1.75. The van der Waals surface area contributed by atoms with Crippen LogP contribution in [0.25, 0.3) is 11.2 Å². The van der Waals surface area contributed by atoms with Gasteiger partial charge >= 0.3 is 18.2 Å². The van der Waals surface area contributed by atoms with Crippen LogP contribution >= 0.6 is 0 Å². The lowest BCUT2D eigenvalue weighted by atomic mass is 10.1. The molecule has 0 spiro atoms. The standard InChI is InChI=1S/C31H27F3N8O5/c1-3-4-13-41-23-25(38-29(41)40-14-11-37-12-15-40)39-30(42(27(23)44)18-20-8-5-7-19(16-20)17-35)47-24-21(26(43)36-2)9-6-10-22(24)46-28(45)31(32,33)34/h5-10,16,37H,11-15,18H2,1-2H3,(H,36,43). The third kappa shape index (κ3) is 6.87. The summed E-state index contributed by atoms with van der Waals surface area (Å²) in [4.78, 5) is 50.1. The second-order valence-corrected chi connectivity index (χ2v) is 10.1. The highest BCUT2D eigenvalue weighted by Gasteiger charge is 2.42. The van der Waals surface area contributed by atoms with Crippen LogP contribution in [0.2, 0.25) is 0 Å². The SMILES string of the molecule is CC#CCn1c(N2CCNCC2)nc2nc(Oc3c(OC(=O)C(F)(F)F)cccc3C(=O)NC)n(Cc3cccc(C#N)c3)c(=O)c21. The number of piperazine rings is 1. The molecule has 0 aliphatic carbocycles. The minimum atomic E-state index is -5.36. The van der Waals surface area contributed by atoms with Crippen LogP contribution in [-0.4, -0.2) is 70.4 Å². The first-order valence-electron chi connectivity index (χ1n) is 14.2. The highest BCUT2D eigenvalue weighted by Crippen LogP contribution is 2.36. The molecule has 1 aliphatic heterocycles. The van der Waals surface area contributed by atoms with Gasteiger partial charge in [-0.05, 0) is 36.8 Å². The van der Waals surface area contributed by atoms with E-state index in [9.17, 15) is 32.8 Å². The lowest BCUT2D eigenvalue weighted by Crippen LogP contribution is -2.44. The number of ether oxygens (including phenoxy) is 2. The lowest BCUT2D eigenvalue weighted by molar-refractivity contribution is -0.189. The summed E-state index contributed by atoms with van der Waals surface area (Å²) in [6.45, 7) is 4.04. The zero-order chi connectivity index (χ0) is 33.7. The quantitative estimate of drug-likeness (QED) is 0.165. The molecule has 2 aromatic heterocycles. The van der Waals surface area contributed by atoms with E-state index in [1.807, 2.05) is 11.0 Å². The predicted octanol–water partition coefficient (Wildman–Crippen LogP) is 2.57. The first kappa shape index (κ1) is 32.5. The largest absolute Gasteiger partial charge is 0.491 e. The first-order chi connectivity index (χ1) is 22.5. The van der Waals surface area contributed by atoms with Crippen molar-refractivity contribution in [3.05, 3.63) is 69.5 Å². The number of aromatic nitrogens is 4. The van der Waals surface area contributed by atoms with Gasteiger partial charge in [0.1, 0.15) is 0 Å². The Hall–Kier alpha value is -5.87. The van der Waals surface area contributed by atoms with Gasteiger partial charge in [0.2, 0.25) is 5.95 Å². The lowest BCUT2D eigenvalue weighted by Gasteiger charge is -2.28. The second kappa shape index (κ2) is 13.6. The fourth-order valence-corrected chi connectivity index (χ4v) is 4.90. The van der Waals surface area contributed by atoms with Gasteiger partial charge in [0.05, 0.1) is 30.3 Å². The Morgan fingerprint density at radius 3 is 2.53 bits per heavy atom. The van der Waals surface area contributed by atoms with E-state index in [2.05, 4.69) is 37.2 Å². The fraction of sp³-hybridized carbons (Fsp3) is 0.290. The number of hydrogen-bond acceptors (Lipinski definition) is 10. The molecule has 1 saturated heterocycles. The van der Waals surface area contributed by atoms with Crippen molar-refractivity contribution in [2.45, 2.75) is 26.2 Å². The minimum absolute atomic E-state index is 0.0512. The average molecular weight is 649 g/mol. The number of carbonyl (C=O) groups excluding carboxylic acids is 2. The molecule has 0 saturated carbocycles. The van der Waals surface area contributed by atoms with E-state index in [4.69, 9.17) is 4.74 Å². The number of hydrogen-bond donors (Lipinski definition) is 2. The summed E-state index contributed by atoms with van der Waals surface area (Å²) in [7, 11) is 1.28. The molecule has 4 aromatic rings. The van der Waals surface area contributed by atoms with Crippen LogP contribution in [0.5, 0.6) is 17.5 Å². The molecule has 47 heavy (non-hydrogen) atoms. The molecule has 3 heterocycles. The van der Waals surface area contributed by atoms with Crippen LogP contribution < -0.4 is 30.6 Å². The summed E-state index contributed by atoms with van der Waals surface area (Å²) in [5.41, 5.74) is -0.133. The Morgan fingerprint density at radius 1 is 1.11 bits per heavy atom. The molecule has 1 amide bonds. The summed E-state index contributed by atoms with van der Waals surface area (Å²) in [6, 6.07) is 11.4. The van der Waals surface area contributed by atoms with Crippen LogP contribution in [0.15, 0.2) is 47.3 Å². The third-order valence-corrected chi connectivity index (χ3v) is 7.10. The van der Waals surface area contributed by atoms with Crippen molar-refractivity contribution in [1.82, 2.24) is 29.7 Å². The summed E-state index contributed by atoms with van der Waals surface area (Å²) in [6.07, 6.45) is -5.36. The van der Waals surface area contributed by atoms with Gasteiger partial charge < -0.3 is 25.0 Å². The number of nitrogens with zero attached hydrogens (tertiary/aromatic N) is 6. The normalized spacial score (nSPS) is 13.0. The fourth-order valence-electron chi connectivity index (χ4n) is 4.90. The van der Waals surface area contributed by atoms with Crippen molar-refractivity contribution in [3.63, 3.8) is 0 Å². The number of nitriles is 1. The number of imidazole rings is 1. The van der Waals surface area contributed by atoms with E-state index < -0.39 is 41.1 Å². The van der Waals surface area contributed by atoms with Crippen LogP contribution in [0.1, 0.15) is 28.4 Å². The zero-order valence-corrected chi connectivity index (χ0v) is 25.1. The molecule has 2 aromatic carbocycles. The minimum Gasteiger partial charge on any atom is -0.421 e. The average Bonchev–Trinajstić information content (AvgIpc) is 3.44. The Labute approximate surface area is 265 Å². The Kier molecular flexibility index (Phi) is 9.43. The molecular weight excluding hydrogens is 621 g/mol. The van der Waals surface area contributed by atoms with Gasteiger partial charge in [-0.15, -0.1) is 5.92 Å². The molecular formula is C31H27F3N8O5. The van der Waals surface area contributed by atoms with Crippen molar-refractivity contribution >= 4 is 29.0 Å². The van der Waals surface area contributed by atoms with Gasteiger partial charge in [0, 0.05) is 33.2 Å². The second-order valence-electron chi connectivity index (χ2n) is 10.1. The number of alkyl halides is 3. The van der Waals surface area contributed by atoms with E-state index >= 15 is 0 Å². The number of amides is 1. The van der Waals surface area contributed by atoms with E-state index in [-0.39, 0.29) is 29.8 Å². The first-order valence-corrected chi connectivity index (χ1v) is 14.2. The van der Waals surface area contributed by atoms with E-state index in [1.165, 1.54) is 19.2 Å². The molecule has 1 aliphatic rings. The molecule has 0 radical (unpaired) electrons. The van der Waals surface area contributed by atoms with Gasteiger partial charge in [-0.3, -0.25) is 18.7 Å². The number of carbonyl (C=O) groups is 2. The van der Waals surface area contributed by atoms with Crippen molar-refractivity contribution < 1.29 is 32.2 Å². The Bertz CT molecular complexity index is 2010. The number of nitrogens with one attached hydrogen (secondary N) is 2. The molecule has 13 nitrogen and oxygen atoms in total. The van der Waals surface area contributed by atoms with Gasteiger partial charge in [0.15, 0.2) is 22.7 Å². The monoisotopic (exact) mass is 648 g/mol. The van der Waals surface area contributed by atoms with Crippen molar-refractivity contribution in [2.24, 2.45) is 0 Å². The van der Waals surface area contributed by atoms with Crippen molar-refractivity contribution in [1.29, 1.82) is 5.26 Å². The zero-order valence-electron chi connectivity index (χ0n) is 25.1. The molecule has 16 heteroatoms. The number of halogens is 3. The summed E-state index contributed by atoms with van der Waals surface area (Å²) in [5, 5.41) is 15.0. The smallest absolute Gasteiger partial charge is 0.421 e. The number of anilines is 1. The molecule has 5 rings (SSSR count). The maximum absolute atomic E-state index is 14.4. The van der Waals surface area contributed by atoms with Crippen LogP contribution in [0.4, 0.5) is 19.1 Å². The molecule has 242 valence electrons. The highest BCUT2D eigenvalue weighted by atomic mass is 19.4. The highest BCUT2D eigenvalue weighted by molar-refractivity contribution is 5.98. The van der Waals surface area contributed by atoms with Gasteiger partial charge in [-0.25, -0.2) is 4.79 Å². The topological polar surface area (TPSA) is 156 Å². The summed E-state index contributed by atoms with van der Waals surface area (Å²) >= 11 is 0. The van der Waals surface area contributed by atoms with Gasteiger partial charge in [-0.2, -0.15) is 28.4 Å². The van der Waals surface area contributed by atoms with Crippen LogP contribution in [0.3, 0.4) is 0 Å². The van der Waals surface area contributed by atoms with Crippen LogP contribution in [-0.2, 0) is 17.9 Å². The number of para-hydroxylation sites is 1. The number of benzene rings is 2. The third-order valence-electron chi connectivity index (χ3n) is 7.10. The molecule has 0 atom stereocenters. The van der Waals surface area contributed by atoms with E-state index in [0.29, 0.717) is 43.3 Å². The van der Waals surface area contributed by atoms with Gasteiger partial charge in [0.25, 0.3) is 11.5 Å². The summed E-state index contributed by atoms with van der Waals surface area (Å²) < 4.78 is 52.9. The molecule has 1 fully saturated rings. The van der Waals surface area contributed by atoms with Crippen LogP contribution in [0, 0.1) is 23.2 Å². The molecule has 2 N–H and O–H groups in total. The van der Waals surface area contributed by atoms with E-state index in [0.717, 1.165) is 10.6 Å². The molecule has 0 bridgehead atoms. The summed E-state index contributed by atoms with van der Waals surface area (Å²) in [5.74, 6) is 1.51. The van der Waals surface area contributed by atoms with Gasteiger partial charge in [-0.1, -0.05) is 24.1 Å². The Morgan fingerprint density at radius 2 is 1.85 bits per heavy atom. The number of esters is 1.